The van der Waals surface area contributed by atoms with Gasteiger partial charge in [0.1, 0.15) is 11.6 Å². The van der Waals surface area contributed by atoms with Gasteiger partial charge in [-0.1, -0.05) is 6.07 Å². The van der Waals surface area contributed by atoms with Crippen molar-refractivity contribution in [3.8, 4) is 6.07 Å². The minimum atomic E-state index is -4.92. The number of alkyl halides is 6. The number of benzene rings is 1. The van der Waals surface area contributed by atoms with E-state index in [9.17, 15) is 35.9 Å². The van der Waals surface area contributed by atoms with Crippen LogP contribution < -0.4 is 10.6 Å². The molecule has 0 radical (unpaired) electrons. The Morgan fingerprint density at radius 3 is 2.24 bits per heavy atom. The third-order valence-electron chi connectivity index (χ3n) is 6.33. The number of rotatable bonds is 3. The summed E-state index contributed by atoms with van der Waals surface area (Å²) in [6.07, 6.45) is -9.89. The molecule has 2 saturated heterocycles. The number of nitriles is 1. The summed E-state index contributed by atoms with van der Waals surface area (Å²) < 4.78 is 86.8. The Kier molecular flexibility index (Phi) is 8.02. The van der Waals surface area contributed by atoms with Crippen molar-refractivity contribution in [1.82, 2.24) is 15.5 Å². The number of hydrogen-bond acceptors (Lipinski definition) is 5. The Labute approximate surface area is 210 Å². The Bertz CT molecular complexity index is 1050. The number of piperidine rings is 1. The van der Waals surface area contributed by atoms with E-state index in [2.05, 4.69) is 10.6 Å². The Morgan fingerprint density at radius 2 is 1.73 bits per heavy atom. The maximum atomic E-state index is 13.8. The van der Waals surface area contributed by atoms with Crippen molar-refractivity contribution in [3.05, 3.63) is 34.9 Å². The second-order valence-electron chi connectivity index (χ2n) is 10.2. The normalized spacial score (nSPS) is 23.5. The van der Waals surface area contributed by atoms with E-state index < -0.39 is 59.1 Å². The highest BCUT2D eigenvalue weighted by molar-refractivity contribution is 5.82. The van der Waals surface area contributed by atoms with Crippen molar-refractivity contribution in [2.75, 3.05) is 13.1 Å². The largest absolute Gasteiger partial charge is 0.444 e. The van der Waals surface area contributed by atoms with Crippen LogP contribution in [0.3, 0.4) is 0 Å². The van der Waals surface area contributed by atoms with E-state index >= 15 is 0 Å². The second-order valence-corrected chi connectivity index (χ2v) is 10.2. The molecule has 3 atom stereocenters. The number of carbonyl (C=O) groups excluding carboxylic acids is 2. The van der Waals surface area contributed by atoms with Crippen molar-refractivity contribution in [3.63, 3.8) is 0 Å². The molecule has 0 bridgehead atoms. The molecule has 1 aromatic carbocycles. The standard InChI is InChI=1S/C24H28F6N4O3/c1-22(2,3)37-21(36)34-8-6-15(7-9-34)32-20(35)18-11-16(19(33-18)24(28,29)30)13-4-5-14(12-31)17(10-13)23(25,26)27/h4-5,10,15-16,18-19,33H,6-9,11H2,1-3H3,(H,32,35). The van der Waals surface area contributed by atoms with Crippen molar-refractivity contribution < 1.29 is 40.7 Å². The summed E-state index contributed by atoms with van der Waals surface area (Å²) in [4.78, 5) is 26.5. The third kappa shape index (κ3) is 7.06. The van der Waals surface area contributed by atoms with Crippen LogP contribution in [-0.2, 0) is 15.7 Å². The summed E-state index contributed by atoms with van der Waals surface area (Å²) in [6, 6.07) is -0.0586. The smallest absolute Gasteiger partial charge is 0.417 e. The van der Waals surface area contributed by atoms with Crippen LogP contribution in [0, 0.1) is 11.3 Å². The van der Waals surface area contributed by atoms with Gasteiger partial charge in [-0.25, -0.2) is 4.79 Å². The maximum Gasteiger partial charge on any atom is 0.417 e. The van der Waals surface area contributed by atoms with Crippen LogP contribution in [0.4, 0.5) is 31.1 Å². The predicted molar refractivity (Wildman–Crippen MR) is 119 cm³/mol. The van der Waals surface area contributed by atoms with E-state index in [1.807, 2.05) is 0 Å². The highest BCUT2D eigenvalue weighted by atomic mass is 19.4. The quantitative estimate of drug-likeness (QED) is 0.559. The Balaban J connectivity index is 1.69. The fraction of sp³-hybridized carbons (Fsp3) is 0.625. The van der Waals surface area contributed by atoms with Crippen molar-refractivity contribution >= 4 is 12.0 Å². The fourth-order valence-corrected chi connectivity index (χ4v) is 4.58. The van der Waals surface area contributed by atoms with Gasteiger partial charge in [-0.05, 0) is 57.7 Å². The second kappa shape index (κ2) is 10.4. The topological polar surface area (TPSA) is 94.5 Å². The molecule has 0 saturated carbocycles. The Hall–Kier alpha value is -3.01. The first-order valence-corrected chi connectivity index (χ1v) is 11.7. The molecule has 2 aliphatic heterocycles. The molecule has 2 N–H and O–H groups in total. The van der Waals surface area contributed by atoms with E-state index in [0.29, 0.717) is 18.9 Å². The average molecular weight is 535 g/mol. The number of likely N-dealkylation sites (tertiary alicyclic amines) is 1. The maximum absolute atomic E-state index is 13.8. The monoisotopic (exact) mass is 534 g/mol. The van der Waals surface area contributed by atoms with Gasteiger partial charge in [-0.2, -0.15) is 31.6 Å². The summed E-state index contributed by atoms with van der Waals surface area (Å²) in [6.45, 7) is 5.77. The van der Waals surface area contributed by atoms with Crippen LogP contribution in [0.25, 0.3) is 0 Å². The summed E-state index contributed by atoms with van der Waals surface area (Å²) >= 11 is 0. The number of ether oxygens (including phenoxy) is 1. The highest BCUT2D eigenvalue weighted by Crippen LogP contribution is 2.42. The van der Waals surface area contributed by atoms with Gasteiger partial charge in [0.2, 0.25) is 5.91 Å². The van der Waals surface area contributed by atoms with Crippen LogP contribution in [0.5, 0.6) is 0 Å². The minimum Gasteiger partial charge on any atom is -0.444 e. The molecule has 13 heteroatoms. The molecule has 0 aliphatic carbocycles. The molecule has 37 heavy (non-hydrogen) atoms. The molecule has 204 valence electrons. The average Bonchev–Trinajstić information content (AvgIpc) is 3.24. The molecule has 2 heterocycles. The molecular weight excluding hydrogens is 506 g/mol. The molecule has 0 aromatic heterocycles. The van der Waals surface area contributed by atoms with Gasteiger partial charge in [0, 0.05) is 25.0 Å². The van der Waals surface area contributed by atoms with E-state index in [-0.39, 0.29) is 31.1 Å². The number of carbonyl (C=O) groups is 2. The van der Waals surface area contributed by atoms with Crippen LogP contribution in [0.1, 0.15) is 62.6 Å². The first-order chi connectivity index (χ1) is 17.0. The lowest BCUT2D eigenvalue weighted by Crippen LogP contribution is -2.52. The number of nitrogens with zero attached hydrogens (tertiary/aromatic N) is 2. The van der Waals surface area contributed by atoms with Gasteiger partial charge in [-0.15, -0.1) is 0 Å². The molecular formula is C24H28F6N4O3. The number of halogens is 6. The van der Waals surface area contributed by atoms with Gasteiger partial charge >= 0.3 is 18.4 Å². The molecule has 2 fully saturated rings. The zero-order valence-corrected chi connectivity index (χ0v) is 20.5. The van der Waals surface area contributed by atoms with Crippen LogP contribution >= 0.6 is 0 Å². The van der Waals surface area contributed by atoms with Gasteiger partial charge in [-0.3, -0.25) is 10.1 Å². The number of nitrogens with one attached hydrogen (secondary N) is 2. The van der Waals surface area contributed by atoms with Crippen molar-refractivity contribution in [1.29, 1.82) is 5.26 Å². The van der Waals surface area contributed by atoms with Crippen LogP contribution in [0.15, 0.2) is 18.2 Å². The van der Waals surface area contributed by atoms with Gasteiger partial charge < -0.3 is 15.0 Å². The summed E-state index contributed by atoms with van der Waals surface area (Å²) in [5.41, 5.74) is -2.95. The minimum absolute atomic E-state index is 0.262. The lowest BCUT2D eigenvalue weighted by molar-refractivity contribution is -0.156. The first kappa shape index (κ1) is 28.6. The van der Waals surface area contributed by atoms with Gasteiger partial charge in [0.05, 0.1) is 23.2 Å². The van der Waals surface area contributed by atoms with Crippen molar-refractivity contribution in [2.24, 2.45) is 0 Å². The van der Waals surface area contributed by atoms with E-state index in [1.165, 1.54) is 11.0 Å². The lowest BCUT2D eigenvalue weighted by Gasteiger charge is -2.34. The van der Waals surface area contributed by atoms with Crippen LogP contribution in [-0.4, -0.2) is 59.9 Å². The third-order valence-corrected chi connectivity index (χ3v) is 6.33. The SMILES string of the molecule is CC(C)(C)OC(=O)N1CCC(NC(=O)C2CC(c3ccc(C#N)c(C(F)(F)F)c3)C(C(F)(F)F)N2)CC1. The van der Waals surface area contributed by atoms with E-state index in [1.54, 1.807) is 20.8 Å². The summed E-state index contributed by atoms with van der Waals surface area (Å²) in [5.74, 6) is -2.16. The van der Waals surface area contributed by atoms with Gasteiger partial charge in [0.25, 0.3) is 0 Å². The zero-order chi connectivity index (χ0) is 27.8. The molecule has 3 unspecified atom stereocenters. The molecule has 7 nitrogen and oxygen atoms in total. The fourth-order valence-electron chi connectivity index (χ4n) is 4.58. The summed E-state index contributed by atoms with van der Waals surface area (Å²) in [5, 5.41) is 13.9. The van der Waals surface area contributed by atoms with E-state index in [0.717, 1.165) is 12.1 Å². The van der Waals surface area contributed by atoms with Crippen molar-refractivity contribution in [2.45, 2.75) is 82.0 Å². The molecule has 3 rings (SSSR count). The highest BCUT2D eigenvalue weighted by Gasteiger charge is 2.52. The van der Waals surface area contributed by atoms with E-state index in [4.69, 9.17) is 10.00 Å². The predicted octanol–water partition coefficient (Wildman–Crippen LogP) is 4.47. The number of amides is 2. The molecule has 0 spiro atoms. The molecule has 2 aliphatic rings. The Morgan fingerprint density at radius 1 is 1.11 bits per heavy atom. The number of hydrogen-bond donors (Lipinski definition) is 2. The lowest BCUT2D eigenvalue weighted by atomic mass is 9.88. The first-order valence-electron chi connectivity index (χ1n) is 11.7. The molecule has 1 aromatic rings. The molecule has 2 amide bonds. The zero-order valence-electron chi connectivity index (χ0n) is 20.5. The van der Waals surface area contributed by atoms with Gasteiger partial charge in [0.15, 0.2) is 0 Å². The summed E-state index contributed by atoms with van der Waals surface area (Å²) in [7, 11) is 0. The van der Waals surface area contributed by atoms with Crippen LogP contribution in [0.2, 0.25) is 0 Å².